The fourth-order valence-electron chi connectivity index (χ4n) is 4.04. The molecule has 0 N–H and O–H groups in total. The van der Waals surface area contributed by atoms with Gasteiger partial charge in [-0.1, -0.05) is 32.0 Å². The zero-order valence-electron chi connectivity index (χ0n) is 14.0. The number of benzene rings is 1. The molecule has 0 unspecified atom stereocenters. The lowest BCUT2D eigenvalue weighted by molar-refractivity contribution is -0.176. The Morgan fingerprint density at radius 1 is 1.17 bits per heavy atom. The molecule has 0 spiro atoms. The van der Waals surface area contributed by atoms with Crippen LogP contribution in [0.25, 0.3) is 10.9 Å². The third-order valence-electron chi connectivity index (χ3n) is 6.21. The fraction of sp³-hybridized carbons (Fsp3) is 0.421. The van der Waals surface area contributed by atoms with Gasteiger partial charge in [0.1, 0.15) is 5.52 Å². The number of para-hydroxylation sites is 1. The summed E-state index contributed by atoms with van der Waals surface area (Å²) in [7, 11) is 0. The van der Waals surface area contributed by atoms with E-state index in [0.29, 0.717) is 24.1 Å². The van der Waals surface area contributed by atoms with Crippen LogP contribution in [0.2, 0.25) is 0 Å². The average Bonchev–Trinajstić information content (AvgIpc) is 2.85. The molecule has 1 aromatic heterocycles. The molecule has 0 radical (unpaired) electrons. The highest BCUT2D eigenvalue weighted by atomic mass is 16.6. The summed E-state index contributed by atoms with van der Waals surface area (Å²) in [5.74, 6) is -0.438. The molecule has 2 heterocycles. The van der Waals surface area contributed by atoms with Crippen LogP contribution in [0.5, 0.6) is 5.75 Å². The first kappa shape index (κ1) is 15.1. The molecule has 5 heteroatoms. The van der Waals surface area contributed by atoms with E-state index in [9.17, 15) is 9.59 Å². The molecule has 4 rings (SSSR count). The molecule has 2 fully saturated rings. The molecular weight excluding hydrogens is 306 g/mol. The third-order valence-corrected chi connectivity index (χ3v) is 6.21. The van der Waals surface area contributed by atoms with Gasteiger partial charge in [0.05, 0.1) is 5.41 Å². The molecule has 2 aliphatic rings. The normalized spacial score (nSPS) is 30.4. The lowest BCUT2D eigenvalue weighted by Gasteiger charge is -2.34. The van der Waals surface area contributed by atoms with E-state index in [1.165, 1.54) is 0 Å². The first-order valence-corrected chi connectivity index (χ1v) is 8.11. The zero-order valence-corrected chi connectivity index (χ0v) is 14.0. The minimum Gasteiger partial charge on any atom is -0.446 e. The highest BCUT2D eigenvalue weighted by Crippen LogP contribution is 2.65. The summed E-state index contributed by atoms with van der Waals surface area (Å²) < 4.78 is 11.3. The van der Waals surface area contributed by atoms with E-state index in [0.717, 1.165) is 5.39 Å². The van der Waals surface area contributed by atoms with Gasteiger partial charge in [-0.15, -0.1) is 0 Å². The van der Waals surface area contributed by atoms with Gasteiger partial charge in [0, 0.05) is 17.0 Å². The molecule has 1 aromatic carbocycles. The molecule has 124 valence electrons. The van der Waals surface area contributed by atoms with Gasteiger partial charge in [0.15, 0.2) is 5.75 Å². The number of carbonyl (C=O) groups is 2. The van der Waals surface area contributed by atoms with E-state index in [2.05, 4.69) is 4.98 Å². The second-order valence-corrected chi connectivity index (χ2v) is 7.39. The number of rotatable bonds is 2. The number of pyridine rings is 1. The number of esters is 2. The Morgan fingerprint density at radius 3 is 2.58 bits per heavy atom. The Hall–Kier alpha value is -2.43. The van der Waals surface area contributed by atoms with Gasteiger partial charge in [-0.25, -0.2) is 4.79 Å². The van der Waals surface area contributed by atoms with Gasteiger partial charge in [-0.2, -0.15) is 0 Å². The van der Waals surface area contributed by atoms with E-state index in [1.807, 2.05) is 45.0 Å². The van der Waals surface area contributed by atoms with Crippen LogP contribution >= 0.6 is 0 Å². The Morgan fingerprint density at radius 2 is 1.92 bits per heavy atom. The van der Waals surface area contributed by atoms with Gasteiger partial charge < -0.3 is 9.47 Å². The van der Waals surface area contributed by atoms with Gasteiger partial charge in [-0.05, 0) is 31.9 Å². The number of carbonyl (C=O) groups excluding carboxylic acids is 2. The smallest absolute Gasteiger partial charge is 0.356 e. The Bertz CT molecular complexity index is 869. The van der Waals surface area contributed by atoms with Crippen LogP contribution < -0.4 is 4.74 Å². The van der Waals surface area contributed by atoms with E-state index < -0.39 is 22.4 Å². The summed E-state index contributed by atoms with van der Waals surface area (Å²) in [4.78, 5) is 29.6. The van der Waals surface area contributed by atoms with Crippen molar-refractivity contribution in [1.82, 2.24) is 4.98 Å². The third kappa shape index (κ3) is 1.62. The molecule has 2 bridgehead atoms. The Balaban J connectivity index is 1.74. The van der Waals surface area contributed by atoms with Crippen molar-refractivity contribution in [2.45, 2.75) is 39.2 Å². The van der Waals surface area contributed by atoms with E-state index in [4.69, 9.17) is 9.47 Å². The lowest BCUT2D eigenvalue weighted by atomic mass is 9.66. The van der Waals surface area contributed by atoms with Crippen molar-refractivity contribution in [2.24, 2.45) is 10.8 Å². The van der Waals surface area contributed by atoms with Crippen LogP contribution in [0, 0.1) is 10.8 Å². The molecule has 2 atom stereocenters. The van der Waals surface area contributed by atoms with Crippen LogP contribution in [0.1, 0.15) is 33.6 Å². The molecule has 1 saturated heterocycles. The van der Waals surface area contributed by atoms with Gasteiger partial charge in [-0.3, -0.25) is 9.78 Å². The van der Waals surface area contributed by atoms with Crippen molar-refractivity contribution in [3.8, 4) is 5.75 Å². The number of ether oxygens (including phenoxy) is 2. The molecule has 5 nitrogen and oxygen atoms in total. The molecule has 1 aliphatic heterocycles. The van der Waals surface area contributed by atoms with Gasteiger partial charge in [0.25, 0.3) is 0 Å². The second-order valence-electron chi connectivity index (χ2n) is 7.39. The number of nitrogens with zero attached hydrogens (tertiary/aromatic N) is 1. The van der Waals surface area contributed by atoms with Crippen LogP contribution in [0.15, 0.2) is 36.5 Å². The Labute approximate surface area is 140 Å². The molecule has 1 aliphatic carbocycles. The first-order valence-electron chi connectivity index (χ1n) is 8.11. The average molecular weight is 325 g/mol. The second kappa shape index (κ2) is 4.56. The monoisotopic (exact) mass is 325 g/mol. The lowest BCUT2D eigenvalue weighted by Crippen LogP contribution is -2.50. The van der Waals surface area contributed by atoms with E-state index >= 15 is 0 Å². The summed E-state index contributed by atoms with van der Waals surface area (Å²) >= 11 is 0. The van der Waals surface area contributed by atoms with Crippen molar-refractivity contribution in [2.75, 3.05) is 0 Å². The summed E-state index contributed by atoms with van der Waals surface area (Å²) in [5, 5.41) is 0.888. The van der Waals surface area contributed by atoms with Gasteiger partial charge in [0.2, 0.25) is 5.60 Å². The van der Waals surface area contributed by atoms with Crippen molar-refractivity contribution < 1.29 is 19.1 Å². The quantitative estimate of drug-likeness (QED) is 0.626. The number of fused-ring (bicyclic) bond motifs is 3. The fourth-order valence-corrected chi connectivity index (χ4v) is 4.04. The summed E-state index contributed by atoms with van der Waals surface area (Å²) in [5.41, 5.74) is -1.88. The minimum absolute atomic E-state index is 0.313. The summed E-state index contributed by atoms with van der Waals surface area (Å²) in [6.45, 7) is 5.69. The minimum atomic E-state index is -1.23. The van der Waals surface area contributed by atoms with Crippen molar-refractivity contribution in [3.63, 3.8) is 0 Å². The van der Waals surface area contributed by atoms with Crippen molar-refractivity contribution in [3.05, 3.63) is 36.5 Å². The maximum atomic E-state index is 13.0. The maximum Gasteiger partial charge on any atom is 0.356 e. The van der Waals surface area contributed by atoms with E-state index in [-0.39, 0.29) is 5.97 Å². The Kier molecular flexibility index (Phi) is 2.87. The predicted octanol–water partition coefficient (Wildman–Crippen LogP) is 3.26. The molecule has 0 amide bonds. The zero-order chi connectivity index (χ0) is 17.2. The number of aromatic nitrogens is 1. The standard InChI is InChI=1S/C19H19NO4/c1-17(2)18(3)9-10-19(17,24-15(18)21)16(22)23-13-8-4-6-12-7-5-11-20-14(12)13/h4-8,11H,9-10H2,1-3H3/t18-,19+/m1/s1. The SMILES string of the molecule is CC1(C)[C@@]2(C(=O)Oc3cccc4cccnc34)CC[C@]1(C)C(=O)O2. The first-order chi connectivity index (χ1) is 11.3. The highest BCUT2D eigenvalue weighted by molar-refractivity contribution is 5.96. The summed E-state index contributed by atoms with van der Waals surface area (Å²) in [6, 6.07) is 9.17. The van der Waals surface area contributed by atoms with Crippen LogP contribution in [-0.4, -0.2) is 22.5 Å². The maximum absolute atomic E-state index is 13.0. The largest absolute Gasteiger partial charge is 0.446 e. The van der Waals surface area contributed by atoms with Crippen molar-refractivity contribution in [1.29, 1.82) is 0 Å². The number of hydrogen-bond acceptors (Lipinski definition) is 5. The molecule has 2 aromatic rings. The molecular formula is C19H19NO4. The number of hydrogen-bond donors (Lipinski definition) is 0. The molecule has 1 saturated carbocycles. The van der Waals surface area contributed by atoms with Gasteiger partial charge >= 0.3 is 11.9 Å². The highest BCUT2D eigenvalue weighted by Gasteiger charge is 2.76. The van der Waals surface area contributed by atoms with Crippen LogP contribution in [0.3, 0.4) is 0 Å². The topological polar surface area (TPSA) is 65.5 Å². The molecule has 24 heavy (non-hydrogen) atoms. The summed E-state index contributed by atoms with van der Waals surface area (Å²) in [6.07, 6.45) is 2.77. The predicted molar refractivity (Wildman–Crippen MR) is 87.3 cm³/mol. The van der Waals surface area contributed by atoms with Crippen molar-refractivity contribution >= 4 is 22.8 Å². The van der Waals surface area contributed by atoms with E-state index in [1.54, 1.807) is 12.3 Å². The van der Waals surface area contributed by atoms with Crippen LogP contribution in [0.4, 0.5) is 0 Å². The van der Waals surface area contributed by atoms with Crippen LogP contribution in [-0.2, 0) is 14.3 Å².